The molecule has 1 aliphatic rings. The summed E-state index contributed by atoms with van der Waals surface area (Å²) in [4.78, 5) is 25.2. The fourth-order valence-corrected chi connectivity index (χ4v) is 4.96. The average Bonchev–Trinajstić information content (AvgIpc) is 2.66. The minimum atomic E-state index is -3.86. The molecule has 1 heterocycles. The number of nitrogens with one attached hydrogen (secondary N) is 1. The first-order chi connectivity index (χ1) is 13.2. The molecule has 0 radical (unpaired) electrons. The summed E-state index contributed by atoms with van der Waals surface area (Å²) in [5, 5.41) is 9.10. The molecule has 1 amide bonds. The van der Waals surface area contributed by atoms with Crippen molar-refractivity contribution in [2.45, 2.75) is 29.6 Å². The van der Waals surface area contributed by atoms with Crippen LogP contribution in [0.25, 0.3) is 0 Å². The molecule has 0 aromatic heterocycles. The summed E-state index contributed by atoms with van der Waals surface area (Å²) in [7, 11) is -3.86. The van der Waals surface area contributed by atoms with Gasteiger partial charge in [-0.25, -0.2) is 13.2 Å². The highest BCUT2D eigenvalue weighted by atomic mass is 32.2. The number of sulfonamides is 1. The molecule has 0 saturated heterocycles. The molecule has 148 valence electrons. The fourth-order valence-electron chi connectivity index (χ4n) is 3.18. The predicted molar refractivity (Wildman–Crippen MR) is 109 cm³/mol. The summed E-state index contributed by atoms with van der Waals surface area (Å²) >= 11 is 1.25. The molecule has 0 fully saturated rings. The van der Waals surface area contributed by atoms with Gasteiger partial charge < -0.3 is 10.0 Å². The topological polar surface area (TPSA) is 104 Å². The van der Waals surface area contributed by atoms with Gasteiger partial charge in [0.15, 0.2) is 0 Å². The second-order valence-electron chi connectivity index (χ2n) is 6.39. The molecule has 2 N–H and O–H groups in total. The second kappa shape index (κ2) is 7.84. The second-order valence-corrected chi connectivity index (χ2v) is 8.92. The molecule has 0 atom stereocenters. The zero-order chi connectivity index (χ0) is 20.5. The number of aromatic carboxylic acids is 1. The number of benzene rings is 2. The maximum atomic E-state index is 12.9. The van der Waals surface area contributed by atoms with Crippen molar-refractivity contribution in [3.8, 4) is 0 Å². The van der Waals surface area contributed by atoms with Gasteiger partial charge in [0.05, 0.1) is 16.1 Å². The van der Waals surface area contributed by atoms with Crippen molar-refractivity contribution < 1.29 is 23.1 Å². The monoisotopic (exact) mass is 420 g/mol. The van der Waals surface area contributed by atoms with E-state index in [1.165, 1.54) is 43.0 Å². The number of hydrogen-bond donors (Lipinski definition) is 2. The summed E-state index contributed by atoms with van der Waals surface area (Å²) in [6, 6.07) is 8.97. The molecule has 0 spiro atoms. The molecule has 9 heteroatoms. The highest BCUT2D eigenvalue weighted by Gasteiger charge is 2.23. The average molecular weight is 421 g/mol. The van der Waals surface area contributed by atoms with Gasteiger partial charge in [-0.1, -0.05) is 0 Å². The Hall–Kier alpha value is -2.52. The maximum absolute atomic E-state index is 12.9. The van der Waals surface area contributed by atoms with E-state index in [4.69, 9.17) is 5.11 Å². The number of carboxylic acids is 1. The zero-order valence-corrected chi connectivity index (χ0v) is 17.1. The van der Waals surface area contributed by atoms with Gasteiger partial charge in [-0.3, -0.25) is 9.52 Å². The summed E-state index contributed by atoms with van der Waals surface area (Å²) in [6.07, 6.45) is 3.22. The van der Waals surface area contributed by atoms with Crippen LogP contribution in [0.4, 0.5) is 11.4 Å². The number of hydrogen-bond acceptors (Lipinski definition) is 5. The first-order valence-corrected chi connectivity index (χ1v) is 11.3. The van der Waals surface area contributed by atoms with Crippen molar-refractivity contribution in [1.29, 1.82) is 0 Å². The van der Waals surface area contributed by atoms with Crippen LogP contribution in [0.2, 0.25) is 0 Å². The number of fused-ring (bicyclic) bond motifs is 1. The fraction of sp³-hybridized carbons (Fsp3) is 0.263. The molecule has 1 aliphatic heterocycles. The number of carbonyl (C=O) groups is 2. The lowest BCUT2D eigenvalue weighted by molar-refractivity contribution is -0.116. The predicted octanol–water partition coefficient (Wildman–Crippen LogP) is 3.21. The van der Waals surface area contributed by atoms with Crippen molar-refractivity contribution in [2.24, 2.45) is 0 Å². The molecule has 2 aromatic carbocycles. The third-order valence-corrected chi connectivity index (χ3v) is 6.69. The largest absolute Gasteiger partial charge is 0.478 e. The van der Waals surface area contributed by atoms with E-state index in [1.807, 2.05) is 0 Å². The Morgan fingerprint density at radius 3 is 2.57 bits per heavy atom. The van der Waals surface area contributed by atoms with Gasteiger partial charge in [0, 0.05) is 24.1 Å². The van der Waals surface area contributed by atoms with Crippen LogP contribution in [0.5, 0.6) is 0 Å². The molecule has 0 bridgehead atoms. The Morgan fingerprint density at radius 1 is 1.18 bits per heavy atom. The lowest BCUT2D eigenvalue weighted by atomic mass is 10.0. The Kier molecular flexibility index (Phi) is 5.66. The minimum absolute atomic E-state index is 0.0715. The number of carbonyl (C=O) groups excluding carboxylic acids is 1. The Morgan fingerprint density at radius 2 is 1.93 bits per heavy atom. The van der Waals surface area contributed by atoms with Gasteiger partial charge in [-0.15, -0.1) is 11.8 Å². The molecular formula is C19H20N2O5S2. The van der Waals surface area contributed by atoms with Crippen LogP contribution in [0, 0.1) is 0 Å². The zero-order valence-electron chi connectivity index (χ0n) is 15.4. The van der Waals surface area contributed by atoms with Gasteiger partial charge >= 0.3 is 5.97 Å². The maximum Gasteiger partial charge on any atom is 0.335 e. The standard InChI is InChI=1S/C19H20N2O5S2/c1-12(22)21-9-3-4-13-10-15(6-8-17(13)21)28(25,26)20-16-7-5-14(19(23)24)11-18(16)27-2/h5-8,10-11,20H,3-4,9H2,1-2H3,(H,23,24). The number of anilines is 2. The van der Waals surface area contributed by atoms with Crippen LogP contribution in [0.1, 0.15) is 29.3 Å². The Labute approximate surface area is 167 Å². The van der Waals surface area contributed by atoms with E-state index in [0.717, 1.165) is 17.7 Å². The van der Waals surface area contributed by atoms with Crippen LogP contribution >= 0.6 is 11.8 Å². The molecule has 0 saturated carbocycles. The van der Waals surface area contributed by atoms with Crippen LogP contribution < -0.4 is 9.62 Å². The number of aryl methyl sites for hydroxylation is 1. The van der Waals surface area contributed by atoms with Crippen LogP contribution in [-0.2, 0) is 21.2 Å². The van der Waals surface area contributed by atoms with E-state index in [2.05, 4.69) is 4.72 Å². The van der Waals surface area contributed by atoms with E-state index >= 15 is 0 Å². The first-order valence-electron chi connectivity index (χ1n) is 8.58. The van der Waals surface area contributed by atoms with Gasteiger partial charge in [0.25, 0.3) is 10.0 Å². The van der Waals surface area contributed by atoms with Crippen LogP contribution in [0.15, 0.2) is 46.2 Å². The Bertz CT molecular complexity index is 1050. The molecule has 0 unspecified atom stereocenters. The van der Waals surface area contributed by atoms with Crippen LogP contribution in [-0.4, -0.2) is 38.2 Å². The highest BCUT2D eigenvalue weighted by molar-refractivity contribution is 7.99. The summed E-state index contributed by atoms with van der Waals surface area (Å²) < 4.78 is 28.3. The van der Waals surface area contributed by atoms with E-state index in [-0.39, 0.29) is 16.4 Å². The SMILES string of the molecule is CSc1cc(C(=O)O)ccc1NS(=O)(=O)c1ccc2c(c1)CCCN2C(C)=O. The number of nitrogens with zero attached hydrogens (tertiary/aromatic N) is 1. The molecule has 2 aromatic rings. The lowest BCUT2D eigenvalue weighted by Crippen LogP contribution is -2.33. The van der Waals surface area contributed by atoms with Crippen LogP contribution in [0.3, 0.4) is 0 Å². The number of thioether (sulfide) groups is 1. The quantitative estimate of drug-likeness (QED) is 0.720. The van der Waals surface area contributed by atoms with Gasteiger partial charge in [0.2, 0.25) is 5.91 Å². The van der Waals surface area contributed by atoms with E-state index in [0.29, 0.717) is 23.5 Å². The highest BCUT2D eigenvalue weighted by Crippen LogP contribution is 2.32. The molecule has 28 heavy (non-hydrogen) atoms. The summed E-state index contributed by atoms with van der Waals surface area (Å²) in [6.45, 7) is 2.12. The third kappa shape index (κ3) is 4.00. The number of rotatable bonds is 5. The molecular weight excluding hydrogens is 400 g/mol. The van der Waals surface area contributed by atoms with E-state index in [9.17, 15) is 18.0 Å². The molecule has 7 nitrogen and oxygen atoms in total. The number of amides is 1. The van der Waals surface area contributed by atoms with Crippen molar-refractivity contribution in [3.05, 3.63) is 47.5 Å². The van der Waals surface area contributed by atoms with E-state index < -0.39 is 16.0 Å². The lowest BCUT2D eigenvalue weighted by Gasteiger charge is -2.28. The smallest absolute Gasteiger partial charge is 0.335 e. The Balaban J connectivity index is 1.94. The minimum Gasteiger partial charge on any atom is -0.478 e. The van der Waals surface area contributed by atoms with Crippen molar-refractivity contribution >= 4 is 45.0 Å². The third-order valence-electron chi connectivity index (χ3n) is 4.55. The molecule has 0 aliphatic carbocycles. The van der Waals surface area contributed by atoms with Gasteiger partial charge in [0.1, 0.15) is 0 Å². The van der Waals surface area contributed by atoms with Crippen molar-refractivity contribution in [2.75, 3.05) is 22.4 Å². The number of carboxylic acid groups (broad SMARTS) is 1. The summed E-state index contributed by atoms with van der Waals surface area (Å²) in [5.41, 5.74) is 1.97. The van der Waals surface area contributed by atoms with Gasteiger partial charge in [-0.2, -0.15) is 0 Å². The van der Waals surface area contributed by atoms with Gasteiger partial charge in [-0.05, 0) is 61.1 Å². The molecule has 3 rings (SSSR count). The normalized spacial score (nSPS) is 13.7. The summed E-state index contributed by atoms with van der Waals surface area (Å²) in [5.74, 6) is -1.15. The first kappa shape index (κ1) is 20.2. The van der Waals surface area contributed by atoms with Crippen molar-refractivity contribution in [3.63, 3.8) is 0 Å². The van der Waals surface area contributed by atoms with Crippen molar-refractivity contribution in [1.82, 2.24) is 0 Å². The van der Waals surface area contributed by atoms with E-state index in [1.54, 1.807) is 23.3 Å².